The molecule has 2 heterocycles. The normalized spacial score (nSPS) is 22.9. The molecule has 2 aromatic carbocycles. The number of aromatic nitrogens is 1. The summed E-state index contributed by atoms with van der Waals surface area (Å²) >= 11 is 0. The third kappa shape index (κ3) is 3.15. The highest BCUT2D eigenvalue weighted by molar-refractivity contribution is 5.83. The minimum atomic E-state index is -0.0606. The summed E-state index contributed by atoms with van der Waals surface area (Å²) in [5, 5.41) is 1.28. The Morgan fingerprint density at radius 2 is 1.89 bits per heavy atom. The van der Waals surface area contributed by atoms with Gasteiger partial charge in [0.1, 0.15) is 0 Å². The molecule has 3 nitrogen and oxygen atoms in total. The Morgan fingerprint density at radius 1 is 1.07 bits per heavy atom. The van der Waals surface area contributed by atoms with Crippen molar-refractivity contribution in [2.75, 3.05) is 19.7 Å². The molecule has 5 rings (SSSR count). The highest BCUT2D eigenvalue weighted by atomic mass is 16.5. The summed E-state index contributed by atoms with van der Waals surface area (Å²) in [6, 6.07) is 19.3. The van der Waals surface area contributed by atoms with Crippen LogP contribution in [0.5, 0.6) is 0 Å². The van der Waals surface area contributed by atoms with Crippen LogP contribution in [0.4, 0.5) is 0 Å². The van der Waals surface area contributed by atoms with E-state index >= 15 is 0 Å². The monoisotopic (exact) mass is 358 g/mol. The Kier molecular flexibility index (Phi) is 4.22. The molecule has 1 atom stereocenters. The number of hydrogen-bond acceptors (Lipinski definition) is 3. The highest BCUT2D eigenvalue weighted by Crippen LogP contribution is 2.37. The molecule has 3 aromatic rings. The van der Waals surface area contributed by atoms with Gasteiger partial charge in [-0.2, -0.15) is 0 Å². The third-order valence-electron chi connectivity index (χ3n) is 6.26. The van der Waals surface area contributed by atoms with Crippen LogP contribution in [0.15, 0.2) is 54.6 Å². The fourth-order valence-corrected chi connectivity index (χ4v) is 4.84. The van der Waals surface area contributed by atoms with Crippen molar-refractivity contribution >= 4 is 10.9 Å². The van der Waals surface area contributed by atoms with Gasteiger partial charge in [-0.25, -0.2) is 0 Å². The van der Waals surface area contributed by atoms with E-state index in [9.17, 15) is 0 Å². The zero-order valence-electron chi connectivity index (χ0n) is 15.9. The molecule has 1 unspecified atom stereocenters. The average Bonchev–Trinajstić information content (AvgIpc) is 2.70. The molecule has 1 aromatic heterocycles. The largest absolute Gasteiger partial charge is 0.372 e. The second-order valence-corrected chi connectivity index (χ2v) is 8.08. The van der Waals surface area contributed by atoms with E-state index in [1.54, 1.807) is 0 Å². The molecule has 0 amide bonds. The van der Waals surface area contributed by atoms with E-state index in [0.717, 1.165) is 51.0 Å². The first kappa shape index (κ1) is 16.9. The maximum Gasteiger partial charge on any atom is 0.0854 e. The molecule has 138 valence electrons. The first-order chi connectivity index (χ1) is 13.2. The average molecular weight is 358 g/mol. The molecule has 2 aliphatic rings. The molecule has 1 saturated heterocycles. The molecule has 0 radical (unpaired) electrons. The number of aryl methyl sites for hydroxylation is 2. The Labute approximate surface area is 161 Å². The van der Waals surface area contributed by atoms with Crippen LogP contribution in [0, 0.1) is 6.92 Å². The van der Waals surface area contributed by atoms with Crippen LogP contribution in [-0.4, -0.2) is 35.2 Å². The van der Waals surface area contributed by atoms with Gasteiger partial charge in [-0.05, 0) is 42.5 Å². The van der Waals surface area contributed by atoms with Crippen molar-refractivity contribution in [3.8, 4) is 0 Å². The fourth-order valence-electron chi connectivity index (χ4n) is 4.84. The summed E-state index contributed by atoms with van der Waals surface area (Å²) < 4.78 is 6.43. The number of rotatable bonds is 2. The van der Waals surface area contributed by atoms with Crippen LogP contribution in [0.1, 0.15) is 28.8 Å². The van der Waals surface area contributed by atoms with Crippen molar-refractivity contribution < 1.29 is 4.74 Å². The predicted molar refractivity (Wildman–Crippen MR) is 109 cm³/mol. The summed E-state index contributed by atoms with van der Waals surface area (Å²) in [6.07, 6.45) is 3.06. The lowest BCUT2D eigenvalue weighted by Crippen LogP contribution is -2.54. The van der Waals surface area contributed by atoms with Crippen molar-refractivity contribution in [2.45, 2.75) is 38.3 Å². The van der Waals surface area contributed by atoms with Crippen LogP contribution in [0.2, 0.25) is 0 Å². The zero-order valence-corrected chi connectivity index (χ0v) is 15.9. The van der Waals surface area contributed by atoms with Crippen LogP contribution < -0.4 is 0 Å². The van der Waals surface area contributed by atoms with Gasteiger partial charge in [0.05, 0.1) is 17.7 Å². The number of fused-ring (bicyclic) bond motifs is 2. The first-order valence-corrected chi connectivity index (χ1v) is 10.00. The van der Waals surface area contributed by atoms with E-state index in [2.05, 4.69) is 66.4 Å². The van der Waals surface area contributed by atoms with E-state index in [1.807, 2.05) is 0 Å². The second kappa shape index (κ2) is 6.74. The molecule has 27 heavy (non-hydrogen) atoms. The highest BCUT2D eigenvalue weighted by Gasteiger charge is 2.40. The van der Waals surface area contributed by atoms with Crippen LogP contribution in [-0.2, 0) is 24.1 Å². The van der Waals surface area contributed by atoms with Crippen LogP contribution in [0.3, 0.4) is 0 Å². The van der Waals surface area contributed by atoms with Crippen molar-refractivity contribution in [3.05, 3.63) is 77.0 Å². The number of para-hydroxylation sites is 1. The number of ether oxygens (including phenoxy) is 1. The minimum Gasteiger partial charge on any atom is -0.372 e. The summed E-state index contributed by atoms with van der Waals surface area (Å²) in [4.78, 5) is 7.54. The van der Waals surface area contributed by atoms with Gasteiger partial charge in [0, 0.05) is 37.1 Å². The van der Waals surface area contributed by atoms with E-state index in [-0.39, 0.29) is 5.60 Å². The maximum atomic E-state index is 6.43. The lowest BCUT2D eigenvalue weighted by Gasteiger charge is -2.45. The predicted octanol–water partition coefficient (Wildman–Crippen LogP) is 4.30. The second-order valence-electron chi connectivity index (χ2n) is 8.08. The number of pyridine rings is 1. The molecule has 1 fully saturated rings. The van der Waals surface area contributed by atoms with Gasteiger partial charge in [0.25, 0.3) is 0 Å². The van der Waals surface area contributed by atoms with E-state index in [4.69, 9.17) is 9.72 Å². The third-order valence-corrected chi connectivity index (χ3v) is 6.26. The van der Waals surface area contributed by atoms with E-state index in [1.165, 1.54) is 27.8 Å². The Balaban J connectivity index is 1.43. The summed E-state index contributed by atoms with van der Waals surface area (Å²) in [5.41, 5.74) is 6.53. The zero-order chi connectivity index (χ0) is 18.3. The van der Waals surface area contributed by atoms with Crippen molar-refractivity contribution in [1.29, 1.82) is 0 Å². The maximum absolute atomic E-state index is 6.43. The number of hydrogen-bond donors (Lipinski definition) is 0. The summed E-state index contributed by atoms with van der Waals surface area (Å²) in [6.45, 7) is 6.11. The number of morpholine rings is 1. The van der Waals surface area contributed by atoms with Gasteiger partial charge in [-0.3, -0.25) is 9.88 Å². The van der Waals surface area contributed by atoms with Gasteiger partial charge < -0.3 is 4.74 Å². The summed E-state index contributed by atoms with van der Waals surface area (Å²) in [7, 11) is 0. The van der Waals surface area contributed by atoms with Crippen molar-refractivity contribution in [1.82, 2.24) is 9.88 Å². The standard InChI is InChI=1S/C24H26N2O/c1-18-20-9-5-6-10-22(20)25-23-11-12-24(15-21(18)23)17-26(13-14-27-24)16-19-7-3-2-4-8-19/h2-10H,11-17H2,1H3. The lowest BCUT2D eigenvalue weighted by atomic mass is 9.79. The molecule has 1 aliphatic carbocycles. The molecular formula is C24H26N2O. The molecule has 0 bridgehead atoms. The summed E-state index contributed by atoms with van der Waals surface area (Å²) in [5.74, 6) is 0. The van der Waals surface area contributed by atoms with Crippen LogP contribution in [0.25, 0.3) is 10.9 Å². The quantitative estimate of drug-likeness (QED) is 0.683. The van der Waals surface area contributed by atoms with Gasteiger partial charge in [0.15, 0.2) is 0 Å². The van der Waals surface area contributed by atoms with Crippen molar-refractivity contribution in [2.24, 2.45) is 0 Å². The molecule has 3 heteroatoms. The smallest absolute Gasteiger partial charge is 0.0854 e. The van der Waals surface area contributed by atoms with Crippen LogP contribution >= 0.6 is 0 Å². The van der Waals surface area contributed by atoms with Gasteiger partial charge in [0.2, 0.25) is 0 Å². The Morgan fingerprint density at radius 3 is 2.78 bits per heavy atom. The minimum absolute atomic E-state index is 0.0606. The Hall–Kier alpha value is -2.23. The fraction of sp³-hybridized carbons (Fsp3) is 0.375. The van der Waals surface area contributed by atoms with Gasteiger partial charge >= 0.3 is 0 Å². The van der Waals surface area contributed by atoms with E-state index < -0.39 is 0 Å². The molecule has 0 N–H and O–H groups in total. The topological polar surface area (TPSA) is 25.4 Å². The SMILES string of the molecule is Cc1c2c(nc3ccccc13)CCC1(C2)CN(Cc2ccccc2)CCO1. The van der Waals surface area contributed by atoms with E-state index in [0.29, 0.717) is 0 Å². The Bertz CT molecular complexity index is 969. The molecule has 1 aliphatic heterocycles. The first-order valence-electron chi connectivity index (χ1n) is 10.00. The van der Waals surface area contributed by atoms with Gasteiger partial charge in [-0.15, -0.1) is 0 Å². The number of benzene rings is 2. The molecule has 0 saturated carbocycles. The molecule has 1 spiro atoms. The van der Waals surface area contributed by atoms with Crippen molar-refractivity contribution in [3.63, 3.8) is 0 Å². The van der Waals surface area contributed by atoms with Gasteiger partial charge in [-0.1, -0.05) is 48.5 Å². The lowest BCUT2D eigenvalue weighted by molar-refractivity contribution is -0.118. The molecular weight excluding hydrogens is 332 g/mol. The number of nitrogens with zero attached hydrogens (tertiary/aromatic N) is 2.